The van der Waals surface area contributed by atoms with Crippen molar-refractivity contribution in [2.75, 3.05) is 5.32 Å². The maximum Gasteiger partial charge on any atom is 0.278 e. The molecule has 1 aliphatic rings. The zero-order chi connectivity index (χ0) is 16.5. The number of nitro groups is 1. The Morgan fingerprint density at radius 1 is 1.08 bits per heavy atom. The van der Waals surface area contributed by atoms with E-state index in [1.54, 1.807) is 24.5 Å². The molecule has 1 atom stereocenters. The first kappa shape index (κ1) is 14.6. The van der Waals surface area contributed by atoms with Gasteiger partial charge in [-0.2, -0.15) is 0 Å². The molecule has 0 saturated heterocycles. The fourth-order valence-corrected chi connectivity index (χ4v) is 3.19. The van der Waals surface area contributed by atoms with Crippen LogP contribution in [0.3, 0.4) is 0 Å². The molecule has 0 amide bonds. The van der Waals surface area contributed by atoms with Crippen molar-refractivity contribution < 1.29 is 4.92 Å². The molecular weight excluding hydrogens is 302 g/mol. The highest BCUT2D eigenvalue weighted by atomic mass is 16.6. The molecule has 1 heterocycles. The van der Waals surface area contributed by atoms with Gasteiger partial charge in [0.1, 0.15) is 0 Å². The van der Waals surface area contributed by atoms with Crippen molar-refractivity contribution in [1.82, 2.24) is 4.98 Å². The second kappa shape index (κ2) is 5.92. The van der Waals surface area contributed by atoms with Crippen molar-refractivity contribution in [3.8, 4) is 0 Å². The number of nitrogens with one attached hydrogen (secondary N) is 1. The van der Waals surface area contributed by atoms with E-state index >= 15 is 0 Å². The SMILES string of the molecule is O=[N+]([O-])c1ccc(NC(c2ccccc2)C2CC2)c2ccncc12. The van der Waals surface area contributed by atoms with Gasteiger partial charge in [0.15, 0.2) is 0 Å². The number of benzene rings is 2. The fraction of sp³-hybridized carbons (Fsp3) is 0.211. The molecule has 1 saturated carbocycles. The molecule has 24 heavy (non-hydrogen) atoms. The van der Waals surface area contributed by atoms with E-state index in [1.165, 1.54) is 18.4 Å². The number of anilines is 1. The second-order valence-corrected chi connectivity index (χ2v) is 6.18. The number of rotatable bonds is 5. The van der Waals surface area contributed by atoms with Crippen LogP contribution in [0.15, 0.2) is 60.9 Å². The molecule has 5 heteroatoms. The summed E-state index contributed by atoms with van der Waals surface area (Å²) < 4.78 is 0. The maximum absolute atomic E-state index is 11.2. The Morgan fingerprint density at radius 2 is 1.88 bits per heavy atom. The molecule has 4 rings (SSSR count). The summed E-state index contributed by atoms with van der Waals surface area (Å²) in [5.41, 5.74) is 2.26. The minimum atomic E-state index is -0.358. The lowest BCUT2D eigenvalue weighted by atomic mass is 10.0. The Hall–Kier alpha value is -2.95. The van der Waals surface area contributed by atoms with Crippen molar-refractivity contribution in [3.63, 3.8) is 0 Å². The Balaban J connectivity index is 1.76. The quantitative estimate of drug-likeness (QED) is 0.546. The molecule has 0 radical (unpaired) electrons. The molecule has 1 aromatic heterocycles. The summed E-state index contributed by atoms with van der Waals surface area (Å²) in [6, 6.07) is 15.8. The Kier molecular flexibility index (Phi) is 3.61. The standard InChI is InChI=1S/C19H17N3O2/c23-22(24)18-9-8-17(15-10-11-20-12-16(15)18)21-19(14-6-7-14)13-4-2-1-3-5-13/h1-5,8-12,14,19,21H,6-7H2. The van der Waals surface area contributed by atoms with Gasteiger partial charge in [-0.3, -0.25) is 15.1 Å². The van der Waals surface area contributed by atoms with Crippen LogP contribution in [0.4, 0.5) is 11.4 Å². The monoisotopic (exact) mass is 319 g/mol. The van der Waals surface area contributed by atoms with Crippen LogP contribution in [0.5, 0.6) is 0 Å². The van der Waals surface area contributed by atoms with E-state index in [0.29, 0.717) is 11.3 Å². The molecule has 0 aliphatic heterocycles. The average molecular weight is 319 g/mol. The van der Waals surface area contributed by atoms with Crippen molar-refractivity contribution in [2.45, 2.75) is 18.9 Å². The van der Waals surface area contributed by atoms with Crippen LogP contribution in [-0.4, -0.2) is 9.91 Å². The lowest BCUT2D eigenvalue weighted by molar-refractivity contribution is -0.383. The summed E-state index contributed by atoms with van der Waals surface area (Å²) in [6.45, 7) is 0. The van der Waals surface area contributed by atoms with Crippen LogP contribution in [-0.2, 0) is 0 Å². The van der Waals surface area contributed by atoms with E-state index in [9.17, 15) is 10.1 Å². The third-order valence-electron chi connectivity index (χ3n) is 4.55. The van der Waals surface area contributed by atoms with Gasteiger partial charge in [0.2, 0.25) is 0 Å². The number of nitrogens with zero attached hydrogens (tertiary/aromatic N) is 2. The Labute approximate surface area is 139 Å². The van der Waals surface area contributed by atoms with Gasteiger partial charge in [-0.05, 0) is 36.5 Å². The summed E-state index contributed by atoms with van der Waals surface area (Å²) in [5, 5.41) is 16.3. The molecule has 1 fully saturated rings. The molecule has 1 aliphatic carbocycles. The van der Waals surface area contributed by atoms with Gasteiger partial charge in [0.05, 0.1) is 16.4 Å². The van der Waals surface area contributed by atoms with Gasteiger partial charge in [-0.15, -0.1) is 0 Å². The number of non-ortho nitro benzene ring substituents is 1. The summed E-state index contributed by atoms with van der Waals surface area (Å²) in [6.07, 6.45) is 5.65. The van der Waals surface area contributed by atoms with Gasteiger partial charge in [-0.1, -0.05) is 30.3 Å². The minimum absolute atomic E-state index is 0.0892. The molecule has 1 unspecified atom stereocenters. The van der Waals surface area contributed by atoms with Crippen molar-refractivity contribution in [3.05, 3.63) is 76.6 Å². The van der Waals surface area contributed by atoms with Crippen molar-refractivity contribution in [2.24, 2.45) is 5.92 Å². The third kappa shape index (κ3) is 2.69. The smallest absolute Gasteiger partial charge is 0.278 e. The Morgan fingerprint density at radius 3 is 2.58 bits per heavy atom. The molecule has 3 aromatic rings. The molecule has 120 valence electrons. The number of nitro benzene ring substituents is 1. The zero-order valence-corrected chi connectivity index (χ0v) is 13.1. The lowest BCUT2D eigenvalue weighted by Crippen LogP contribution is -2.13. The van der Waals surface area contributed by atoms with E-state index in [0.717, 1.165) is 11.1 Å². The van der Waals surface area contributed by atoms with Gasteiger partial charge in [0, 0.05) is 29.5 Å². The fourth-order valence-electron chi connectivity index (χ4n) is 3.19. The first-order chi connectivity index (χ1) is 11.7. The van der Waals surface area contributed by atoms with E-state index in [1.807, 2.05) is 24.3 Å². The van der Waals surface area contributed by atoms with Crippen LogP contribution in [0, 0.1) is 16.0 Å². The highest BCUT2D eigenvalue weighted by Crippen LogP contribution is 2.44. The summed E-state index contributed by atoms with van der Waals surface area (Å²) >= 11 is 0. The van der Waals surface area contributed by atoms with Crippen molar-refractivity contribution in [1.29, 1.82) is 0 Å². The minimum Gasteiger partial charge on any atom is -0.377 e. The normalized spacial score (nSPS) is 15.2. The summed E-state index contributed by atoms with van der Waals surface area (Å²) in [7, 11) is 0. The van der Waals surface area contributed by atoms with Crippen LogP contribution >= 0.6 is 0 Å². The molecule has 1 N–H and O–H groups in total. The van der Waals surface area contributed by atoms with Crippen LogP contribution in [0.1, 0.15) is 24.4 Å². The van der Waals surface area contributed by atoms with Crippen molar-refractivity contribution >= 4 is 22.1 Å². The van der Waals surface area contributed by atoms with Crippen LogP contribution < -0.4 is 5.32 Å². The highest BCUT2D eigenvalue weighted by Gasteiger charge is 2.32. The van der Waals surface area contributed by atoms with E-state index in [-0.39, 0.29) is 16.7 Å². The van der Waals surface area contributed by atoms with E-state index < -0.39 is 0 Å². The van der Waals surface area contributed by atoms with Gasteiger partial charge < -0.3 is 5.32 Å². The number of hydrogen-bond donors (Lipinski definition) is 1. The Bertz CT molecular complexity index is 892. The predicted molar refractivity (Wildman–Crippen MR) is 93.9 cm³/mol. The molecule has 0 bridgehead atoms. The number of fused-ring (bicyclic) bond motifs is 1. The van der Waals surface area contributed by atoms with Crippen LogP contribution in [0.2, 0.25) is 0 Å². The highest BCUT2D eigenvalue weighted by molar-refractivity contribution is 5.99. The van der Waals surface area contributed by atoms with Crippen LogP contribution in [0.25, 0.3) is 10.8 Å². The molecule has 2 aromatic carbocycles. The van der Waals surface area contributed by atoms with Gasteiger partial charge >= 0.3 is 0 Å². The second-order valence-electron chi connectivity index (χ2n) is 6.18. The predicted octanol–water partition coefficient (Wildman–Crippen LogP) is 4.71. The number of pyridine rings is 1. The van der Waals surface area contributed by atoms with E-state index in [4.69, 9.17) is 0 Å². The number of aromatic nitrogens is 1. The largest absolute Gasteiger partial charge is 0.377 e. The molecule has 5 nitrogen and oxygen atoms in total. The maximum atomic E-state index is 11.2. The summed E-state index contributed by atoms with van der Waals surface area (Å²) in [5.74, 6) is 0.611. The van der Waals surface area contributed by atoms with Gasteiger partial charge in [0.25, 0.3) is 5.69 Å². The number of hydrogen-bond acceptors (Lipinski definition) is 4. The zero-order valence-electron chi connectivity index (χ0n) is 13.1. The van der Waals surface area contributed by atoms with Gasteiger partial charge in [-0.25, -0.2) is 0 Å². The first-order valence-electron chi connectivity index (χ1n) is 8.06. The first-order valence-corrected chi connectivity index (χ1v) is 8.06. The third-order valence-corrected chi connectivity index (χ3v) is 4.55. The lowest BCUT2D eigenvalue weighted by Gasteiger charge is -2.21. The molecule has 0 spiro atoms. The topological polar surface area (TPSA) is 68.1 Å². The van der Waals surface area contributed by atoms with E-state index in [2.05, 4.69) is 22.4 Å². The molecular formula is C19H17N3O2. The summed E-state index contributed by atoms with van der Waals surface area (Å²) in [4.78, 5) is 14.9. The average Bonchev–Trinajstić information content (AvgIpc) is 3.45.